The lowest BCUT2D eigenvalue weighted by Crippen LogP contribution is -2.38. The van der Waals surface area contributed by atoms with E-state index in [9.17, 15) is 14.4 Å². The van der Waals surface area contributed by atoms with Crippen LogP contribution in [0.2, 0.25) is 10.0 Å². The van der Waals surface area contributed by atoms with Gasteiger partial charge in [0.2, 0.25) is 5.91 Å². The molecular formula is C27H23Cl2N3O5. The largest absolute Gasteiger partial charge is 0.493 e. The van der Waals surface area contributed by atoms with E-state index in [-0.39, 0.29) is 12.3 Å². The average molecular weight is 540 g/mol. The number of rotatable bonds is 8. The Kier molecular flexibility index (Phi) is 8.01. The highest BCUT2D eigenvalue weighted by atomic mass is 35.5. The molecule has 0 saturated carbocycles. The van der Waals surface area contributed by atoms with Crippen LogP contribution in [0.15, 0.2) is 66.4 Å². The van der Waals surface area contributed by atoms with Crippen LogP contribution in [0.4, 0.5) is 10.5 Å². The van der Waals surface area contributed by atoms with Crippen molar-refractivity contribution < 1.29 is 23.9 Å². The van der Waals surface area contributed by atoms with Gasteiger partial charge in [0.25, 0.3) is 5.91 Å². The first-order valence-electron chi connectivity index (χ1n) is 11.2. The lowest BCUT2D eigenvalue weighted by atomic mass is 10.1. The highest BCUT2D eigenvalue weighted by Gasteiger charge is 2.35. The van der Waals surface area contributed by atoms with Crippen LogP contribution in [-0.4, -0.2) is 36.4 Å². The maximum absolute atomic E-state index is 12.8. The van der Waals surface area contributed by atoms with Gasteiger partial charge >= 0.3 is 6.03 Å². The zero-order valence-corrected chi connectivity index (χ0v) is 21.5. The number of nitrogens with one attached hydrogen (secondary N) is 2. The van der Waals surface area contributed by atoms with E-state index >= 15 is 0 Å². The van der Waals surface area contributed by atoms with E-state index in [0.717, 1.165) is 16.0 Å². The second kappa shape index (κ2) is 11.4. The molecule has 0 aromatic heterocycles. The fourth-order valence-corrected chi connectivity index (χ4v) is 3.87. The summed E-state index contributed by atoms with van der Waals surface area (Å²) in [6, 6.07) is 16.8. The summed E-state index contributed by atoms with van der Waals surface area (Å²) in [5.74, 6) is -0.186. The molecule has 4 amide bonds. The molecule has 3 aromatic carbocycles. The normalized spacial score (nSPS) is 14.1. The van der Waals surface area contributed by atoms with Crippen molar-refractivity contribution >= 4 is 52.8 Å². The van der Waals surface area contributed by atoms with Gasteiger partial charge in [-0.25, -0.2) is 9.69 Å². The minimum absolute atomic E-state index is 0.0414. The standard InChI is InChI=1S/C27H23Cl2N3O5/c1-16-3-7-19(8-4-16)30-25(33)14-32-26(34)22(31-27(32)35)12-17-6-10-23(24(13-17)36-2)37-15-18-5-9-20(28)21(29)11-18/h3-13H,14-15H2,1-2H3,(H,30,33)(H,31,35)/b22-12+. The third kappa shape index (κ3) is 6.41. The Morgan fingerprint density at radius 2 is 1.76 bits per heavy atom. The van der Waals surface area contributed by atoms with E-state index in [0.29, 0.717) is 32.8 Å². The number of imide groups is 1. The molecule has 0 aliphatic carbocycles. The molecule has 0 atom stereocenters. The first-order valence-corrected chi connectivity index (χ1v) is 11.9. The topological polar surface area (TPSA) is 97.0 Å². The predicted molar refractivity (Wildman–Crippen MR) is 142 cm³/mol. The van der Waals surface area contributed by atoms with Crippen LogP contribution in [0.1, 0.15) is 16.7 Å². The zero-order chi connectivity index (χ0) is 26.5. The van der Waals surface area contributed by atoms with Crippen molar-refractivity contribution in [1.29, 1.82) is 0 Å². The monoisotopic (exact) mass is 539 g/mol. The van der Waals surface area contributed by atoms with Crippen LogP contribution in [0, 0.1) is 6.92 Å². The van der Waals surface area contributed by atoms with Gasteiger partial charge in [0.05, 0.1) is 17.2 Å². The Balaban J connectivity index is 1.42. The molecule has 1 aliphatic rings. The Hall–Kier alpha value is -4.01. The lowest BCUT2D eigenvalue weighted by Gasteiger charge is -2.12. The number of methoxy groups -OCH3 is 1. The fourth-order valence-electron chi connectivity index (χ4n) is 3.55. The third-order valence-corrected chi connectivity index (χ3v) is 6.22. The van der Waals surface area contributed by atoms with Gasteiger partial charge in [0, 0.05) is 5.69 Å². The van der Waals surface area contributed by atoms with E-state index in [1.807, 2.05) is 19.1 Å². The Morgan fingerprint density at radius 3 is 2.46 bits per heavy atom. The molecule has 1 saturated heterocycles. The Morgan fingerprint density at radius 1 is 1.00 bits per heavy atom. The minimum atomic E-state index is -0.677. The molecule has 37 heavy (non-hydrogen) atoms. The Labute approximate surface area is 223 Å². The quantitative estimate of drug-likeness (QED) is 0.294. The van der Waals surface area contributed by atoms with Gasteiger partial charge < -0.3 is 20.1 Å². The van der Waals surface area contributed by atoms with Gasteiger partial charge in [-0.1, -0.05) is 53.0 Å². The van der Waals surface area contributed by atoms with Crippen LogP contribution in [0.5, 0.6) is 11.5 Å². The zero-order valence-electron chi connectivity index (χ0n) is 20.0. The van der Waals surface area contributed by atoms with Crippen LogP contribution in [-0.2, 0) is 16.2 Å². The lowest BCUT2D eigenvalue weighted by molar-refractivity contribution is -0.127. The van der Waals surface area contributed by atoms with Gasteiger partial charge in [-0.3, -0.25) is 9.59 Å². The van der Waals surface area contributed by atoms with Crippen molar-refractivity contribution in [2.45, 2.75) is 13.5 Å². The van der Waals surface area contributed by atoms with Gasteiger partial charge in [-0.15, -0.1) is 0 Å². The number of anilines is 1. The molecule has 8 nitrogen and oxygen atoms in total. The molecule has 1 fully saturated rings. The second-order valence-electron chi connectivity index (χ2n) is 8.24. The van der Waals surface area contributed by atoms with Crippen molar-refractivity contribution in [3.05, 3.63) is 93.1 Å². The summed E-state index contributed by atoms with van der Waals surface area (Å²) in [7, 11) is 1.50. The first-order chi connectivity index (χ1) is 17.7. The number of hydrogen-bond acceptors (Lipinski definition) is 5. The molecule has 190 valence electrons. The Bertz CT molecular complexity index is 1390. The summed E-state index contributed by atoms with van der Waals surface area (Å²) in [6.07, 6.45) is 1.50. The number of amides is 4. The van der Waals surface area contributed by atoms with E-state index in [4.69, 9.17) is 32.7 Å². The van der Waals surface area contributed by atoms with Crippen molar-refractivity contribution in [2.75, 3.05) is 19.0 Å². The number of nitrogens with zero attached hydrogens (tertiary/aromatic N) is 1. The molecule has 0 radical (unpaired) electrons. The van der Waals surface area contributed by atoms with E-state index in [2.05, 4.69) is 10.6 Å². The summed E-state index contributed by atoms with van der Waals surface area (Å²) < 4.78 is 11.3. The van der Waals surface area contributed by atoms with Crippen molar-refractivity contribution in [1.82, 2.24) is 10.2 Å². The number of urea groups is 1. The maximum Gasteiger partial charge on any atom is 0.329 e. The van der Waals surface area contributed by atoms with E-state index in [1.165, 1.54) is 13.2 Å². The maximum atomic E-state index is 12.8. The number of halogens is 2. The van der Waals surface area contributed by atoms with Gasteiger partial charge in [0.1, 0.15) is 18.8 Å². The number of aryl methyl sites for hydroxylation is 1. The molecule has 1 heterocycles. The van der Waals surface area contributed by atoms with Gasteiger partial charge in [-0.05, 0) is 60.5 Å². The average Bonchev–Trinajstić information content (AvgIpc) is 3.13. The summed E-state index contributed by atoms with van der Waals surface area (Å²) >= 11 is 12.0. The van der Waals surface area contributed by atoms with Crippen molar-refractivity contribution in [2.24, 2.45) is 0 Å². The van der Waals surface area contributed by atoms with Crippen molar-refractivity contribution in [3.63, 3.8) is 0 Å². The van der Waals surface area contributed by atoms with Crippen LogP contribution in [0.25, 0.3) is 6.08 Å². The van der Waals surface area contributed by atoms with Gasteiger partial charge in [-0.2, -0.15) is 0 Å². The fraction of sp³-hybridized carbons (Fsp3) is 0.148. The summed E-state index contributed by atoms with van der Waals surface area (Å²) in [5.41, 5.74) is 3.08. The highest BCUT2D eigenvalue weighted by Crippen LogP contribution is 2.31. The molecule has 4 rings (SSSR count). The minimum Gasteiger partial charge on any atom is -0.493 e. The number of carbonyl (C=O) groups excluding carboxylic acids is 3. The SMILES string of the molecule is COc1cc(/C=C2/NC(=O)N(CC(=O)Nc3ccc(C)cc3)C2=O)ccc1OCc1ccc(Cl)c(Cl)c1. The second-order valence-corrected chi connectivity index (χ2v) is 9.06. The first kappa shape index (κ1) is 26.1. The summed E-state index contributed by atoms with van der Waals surface area (Å²) in [6.45, 7) is 1.75. The number of benzene rings is 3. The van der Waals surface area contributed by atoms with E-state index in [1.54, 1.807) is 48.5 Å². The molecule has 10 heteroatoms. The molecule has 0 spiro atoms. The van der Waals surface area contributed by atoms with Crippen LogP contribution < -0.4 is 20.1 Å². The summed E-state index contributed by atoms with van der Waals surface area (Å²) in [5, 5.41) is 6.08. The van der Waals surface area contributed by atoms with E-state index < -0.39 is 24.4 Å². The molecule has 2 N–H and O–H groups in total. The smallest absolute Gasteiger partial charge is 0.329 e. The third-order valence-electron chi connectivity index (χ3n) is 5.48. The molecule has 1 aliphatic heterocycles. The van der Waals surface area contributed by atoms with Gasteiger partial charge in [0.15, 0.2) is 11.5 Å². The van der Waals surface area contributed by atoms with Crippen LogP contribution in [0.3, 0.4) is 0 Å². The number of hydrogen-bond donors (Lipinski definition) is 2. The summed E-state index contributed by atoms with van der Waals surface area (Å²) in [4.78, 5) is 38.4. The van der Waals surface area contributed by atoms with Crippen molar-refractivity contribution in [3.8, 4) is 11.5 Å². The predicted octanol–water partition coefficient (Wildman–Crippen LogP) is 5.42. The highest BCUT2D eigenvalue weighted by molar-refractivity contribution is 6.42. The number of carbonyl (C=O) groups is 3. The number of ether oxygens (including phenoxy) is 2. The molecule has 0 unspecified atom stereocenters. The van der Waals surface area contributed by atoms with Crippen LogP contribution >= 0.6 is 23.2 Å². The molecule has 0 bridgehead atoms. The molecular weight excluding hydrogens is 517 g/mol. The molecule has 3 aromatic rings.